The molecule has 3 heterocycles. The number of oxazole rings is 1. The standard InChI is InChI=1S/C26H26FN5O2/c1-17-6-8-18(9-7-17)22-16-28-25(34-22)13-12-24(33)29-21-15-19(10-11-20(21)27)26-31-30-23-5-3-2-4-14-32(23)26/h6-11,15-16H,2-5,12-14H2,1H3,(H,29,33). The first-order chi connectivity index (χ1) is 16.6. The van der Waals surface area contributed by atoms with Crippen LogP contribution in [0.5, 0.6) is 0 Å². The Balaban J connectivity index is 1.25. The van der Waals surface area contributed by atoms with E-state index in [1.54, 1.807) is 18.3 Å². The summed E-state index contributed by atoms with van der Waals surface area (Å²) in [5.74, 6) is 1.97. The van der Waals surface area contributed by atoms with Crippen LogP contribution in [-0.2, 0) is 24.2 Å². The number of nitrogens with zero attached hydrogens (tertiary/aromatic N) is 4. The molecular formula is C26H26FN5O2. The topological polar surface area (TPSA) is 85.8 Å². The van der Waals surface area contributed by atoms with Crippen molar-refractivity contribution < 1.29 is 13.6 Å². The molecule has 1 aliphatic heterocycles. The molecule has 174 valence electrons. The van der Waals surface area contributed by atoms with Crippen LogP contribution in [0.2, 0.25) is 0 Å². The summed E-state index contributed by atoms with van der Waals surface area (Å²) in [5, 5.41) is 11.3. The van der Waals surface area contributed by atoms with Crippen molar-refractivity contribution in [2.75, 3.05) is 5.32 Å². The van der Waals surface area contributed by atoms with Crippen molar-refractivity contribution in [1.82, 2.24) is 19.7 Å². The van der Waals surface area contributed by atoms with Gasteiger partial charge in [-0.3, -0.25) is 4.79 Å². The fourth-order valence-corrected chi connectivity index (χ4v) is 4.17. The summed E-state index contributed by atoms with van der Waals surface area (Å²) in [6.45, 7) is 2.87. The second kappa shape index (κ2) is 9.59. The Kier molecular flexibility index (Phi) is 6.20. The zero-order valence-electron chi connectivity index (χ0n) is 19.1. The van der Waals surface area contributed by atoms with E-state index in [1.165, 1.54) is 6.07 Å². The fourth-order valence-electron chi connectivity index (χ4n) is 4.17. The zero-order chi connectivity index (χ0) is 23.5. The molecule has 0 bridgehead atoms. The van der Waals surface area contributed by atoms with Gasteiger partial charge in [0.1, 0.15) is 11.6 Å². The van der Waals surface area contributed by atoms with E-state index in [0.717, 1.165) is 54.7 Å². The number of benzene rings is 2. The summed E-state index contributed by atoms with van der Waals surface area (Å²) in [6, 6.07) is 12.6. The largest absolute Gasteiger partial charge is 0.441 e. The number of aryl methyl sites for hydroxylation is 3. The maximum atomic E-state index is 14.5. The summed E-state index contributed by atoms with van der Waals surface area (Å²) >= 11 is 0. The van der Waals surface area contributed by atoms with E-state index in [9.17, 15) is 9.18 Å². The van der Waals surface area contributed by atoms with E-state index in [4.69, 9.17) is 4.42 Å². The first-order valence-corrected chi connectivity index (χ1v) is 11.6. The second-order valence-corrected chi connectivity index (χ2v) is 8.63. The molecule has 0 radical (unpaired) electrons. The second-order valence-electron chi connectivity index (χ2n) is 8.63. The lowest BCUT2D eigenvalue weighted by Gasteiger charge is -2.10. The Morgan fingerprint density at radius 3 is 2.76 bits per heavy atom. The Labute approximate surface area is 197 Å². The third-order valence-electron chi connectivity index (χ3n) is 6.06. The molecule has 1 amide bonds. The normalized spacial score (nSPS) is 13.4. The van der Waals surface area contributed by atoms with Gasteiger partial charge in [-0.25, -0.2) is 9.37 Å². The van der Waals surface area contributed by atoms with Gasteiger partial charge in [0.2, 0.25) is 5.91 Å². The first-order valence-electron chi connectivity index (χ1n) is 11.6. The number of amides is 1. The van der Waals surface area contributed by atoms with Gasteiger partial charge in [-0.1, -0.05) is 36.2 Å². The number of carbonyl (C=O) groups excluding carboxylic acids is 1. The number of anilines is 1. The molecule has 4 aromatic rings. The highest BCUT2D eigenvalue weighted by atomic mass is 19.1. The summed E-state index contributed by atoms with van der Waals surface area (Å²) in [6.07, 6.45) is 6.31. The number of carbonyl (C=O) groups is 1. The zero-order valence-corrected chi connectivity index (χ0v) is 19.1. The van der Waals surface area contributed by atoms with Gasteiger partial charge < -0.3 is 14.3 Å². The summed E-state index contributed by atoms with van der Waals surface area (Å²) in [4.78, 5) is 16.8. The van der Waals surface area contributed by atoms with Gasteiger partial charge in [-0.05, 0) is 38.0 Å². The molecule has 7 nitrogen and oxygen atoms in total. The third kappa shape index (κ3) is 4.76. The van der Waals surface area contributed by atoms with Crippen LogP contribution in [0.1, 0.15) is 43.0 Å². The van der Waals surface area contributed by atoms with E-state index in [1.807, 2.05) is 31.2 Å². The molecule has 0 atom stereocenters. The van der Waals surface area contributed by atoms with Crippen LogP contribution in [0.4, 0.5) is 10.1 Å². The average molecular weight is 460 g/mol. The molecule has 1 aliphatic rings. The molecule has 34 heavy (non-hydrogen) atoms. The van der Waals surface area contributed by atoms with Crippen molar-refractivity contribution in [3.05, 3.63) is 71.8 Å². The fraction of sp³-hybridized carbons (Fsp3) is 0.308. The summed E-state index contributed by atoms with van der Waals surface area (Å²) in [5.41, 5.74) is 2.95. The number of aromatic nitrogens is 4. The third-order valence-corrected chi connectivity index (χ3v) is 6.06. The SMILES string of the molecule is Cc1ccc(-c2cnc(CCC(=O)Nc3cc(-c4nnc5n4CCCCC5)ccc3F)o2)cc1. The van der Waals surface area contributed by atoms with E-state index < -0.39 is 5.82 Å². The monoisotopic (exact) mass is 459 g/mol. The van der Waals surface area contributed by atoms with Gasteiger partial charge in [0, 0.05) is 36.9 Å². The summed E-state index contributed by atoms with van der Waals surface area (Å²) in [7, 11) is 0. The molecule has 0 aliphatic carbocycles. The highest BCUT2D eigenvalue weighted by Gasteiger charge is 2.18. The number of rotatable bonds is 6. The number of hydrogen-bond acceptors (Lipinski definition) is 5. The molecule has 0 fully saturated rings. The molecule has 2 aromatic heterocycles. The van der Waals surface area contributed by atoms with Crippen molar-refractivity contribution in [2.24, 2.45) is 0 Å². The van der Waals surface area contributed by atoms with Crippen LogP contribution in [0, 0.1) is 12.7 Å². The quantitative estimate of drug-likeness (QED) is 0.420. The van der Waals surface area contributed by atoms with Gasteiger partial charge >= 0.3 is 0 Å². The van der Waals surface area contributed by atoms with Crippen molar-refractivity contribution in [3.63, 3.8) is 0 Å². The average Bonchev–Trinajstić information content (AvgIpc) is 3.41. The molecular weight excluding hydrogens is 433 g/mol. The lowest BCUT2D eigenvalue weighted by Crippen LogP contribution is -2.13. The van der Waals surface area contributed by atoms with Crippen molar-refractivity contribution >= 4 is 11.6 Å². The lowest BCUT2D eigenvalue weighted by atomic mass is 10.1. The van der Waals surface area contributed by atoms with Crippen LogP contribution < -0.4 is 5.32 Å². The van der Waals surface area contributed by atoms with Crippen LogP contribution >= 0.6 is 0 Å². The predicted molar refractivity (Wildman–Crippen MR) is 127 cm³/mol. The van der Waals surface area contributed by atoms with E-state index in [-0.39, 0.29) is 18.0 Å². The van der Waals surface area contributed by atoms with Gasteiger partial charge in [-0.15, -0.1) is 10.2 Å². The predicted octanol–water partition coefficient (Wildman–Crippen LogP) is 5.35. The molecule has 0 unspecified atom stereocenters. The van der Waals surface area contributed by atoms with E-state index in [0.29, 0.717) is 23.9 Å². The minimum Gasteiger partial charge on any atom is -0.441 e. The number of nitrogens with one attached hydrogen (secondary N) is 1. The first kappa shape index (κ1) is 22.0. The highest BCUT2D eigenvalue weighted by Crippen LogP contribution is 2.27. The molecule has 8 heteroatoms. The van der Waals surface area contributed by atoms with Crippen LogP contribution in [0.25, 0.3) is 22.7 Å². The molecule has 2 aromatic carbocycles. The van der Waals surface area contributed by atoms with Crippen molar-refractivity contribution in [2.45, 2.75) is 52.0 Å². The van der Waals surface area contributed by atoms with Crippen molar-refractivity contribution in [1.29, 1.82) is 0 Å². The Morgan fingerprint density at radius 1 is 1.09 bits per heavy atom. The van der Waals surface area contributed by atoms with Crippen molar-refractivity contribution in [3.8, 4) is 22.7 Å². The minimum atomic E-state index is -0.495. The number of halogens is 1. The minimum absolute atomic E-state index is 0.123. The van der Waals surface area contributed by atoms with Crippen LogP contribution in [0.15, 0.2) is 53.1 Å². The molecule has 5 rings (SSSR count). The van der Waals surface area contributed by atoms with Gasteiger partial charge in [-0.2, -0.15) is 0 Å². The maximum absolute atomic E-state index is 14.5. The van der Waals surface area contributed by atoms with Crippen LogP contribution in [0.3, 0.4) is 0 Å². The molecule has 1 N–H and O–H groups in total. The highest BCUT2D eigenvalue weighted by molar-refractivity contribution is 5.91. The van der Waals surface area contributed by atoms with E-state index >= 15 is 0 Å². The smallest absolute Gasteiger partial charge is 0.224 e. The Bertz CT molecular complexity index is 1310. The molecule has 0 saturated heterocycles. The van der Waals surface area contributed by atoms with E-state index in [2.05, 4.69) is 25.1 Å². The number of fused-ring (bicyclic) bond motifs is 1. The Hall–Kier alpha value is -3.81. The number of hydrogen-bond donors (Lipinski definition) is 1. The van der Waals surface area contributed by atoms with Crippen LogP contribution in [-0.4, -0.2) is 25.7 Å². The lowest BCUT2D eigenvalue weighted by molar-refractivity contribution is -0.116. The van der Waals surface area contributed by atoms with Gasteiger partial charge in [0.15, 0.2) is 17.5 Å². The van der Waals surface area contributed by atoms with Gasteiger partial charge in [0.25, 0.3) is 0 Å². The summed E-state index contributed by atoms with van der Waals surface area (Å²) < 4.78 is 22.3. The maximum Gasteiger partial charge on any atom is 0.224 e. The van der Waals surface area contributed by atoms with Gasteiger partial charge in [0.05, 0.1) is 11.9 Å². The molecule has 0 spiro atoms. The molecule has 0 saturated carbocycles. The Morgan fingerprint density at radius 2 is 1.91 bits per heavy atom.